The minimum atomic E-state index is -3.82. The second-order valence-electron chi connectivity index (χ2n) is 6.12. The molecule has 136 valence electrons. The lowest BCUT2D eigenvalue weighted by molar-refractivity contribution is 0.415. The summed E-state index contributed by atoms with van der Waals surface area (Å²) in [6.07, 6.45) is 1.56. The zero-order valence-electron chi connectivity index (χ0n) is 14.9. The minimum Gasteiger partial charge on any atom is -0.497 e. The number of anilines is 1. The van der Waals surface area contributed by atoms with E-state index in [1.807, 2.05) is 44.2 Å². The number of ether oxygens (including phenoxy) is 1. The molecule has 1 N–H and O–H groups in total. The predicted molar refractivity (Wildman–Crippen MR) is 102 cm³/mol. The number of hydrogen-bond acceptors (Lipinski definition) is 4. The standard InChI is InChI=1S/C19H21N3O3S/c1-14(2)22-13-18(19(20-22)15-8-5-4-6-9-15)26(23,24)21-16-10-7-11-17(12-16)25-3/h4-14,21H,1-3H3. The fourth-order valence-corrected chi connectivity index (χ4v) is 3.74. The zero-order chi connectivity index (χ0) is 18.7. The molecule has 0 bridgehead atoms. The van der Waals surface area contributed by atoms with Crippen molar-refractivity contribution in [2.75, 3.05) is 11.8 Å². The Morgan fingerprint density at radius 3 is 2.46 bits per heavy atom. The van der Waals surface area contributed by atoms with E-state index in [1.165, 1.54) is 7.11 Å². The van der Waals surface area contributed by atoms with Gasteiger partial charge in [-0.1, -0.05) is 36.4 Å². The van der Waals surface area contributed by atoms with Crippen molar-refractivity contribution < 1.29 is 13.2 Å². The van der Waals surface area contributed by atoms with Gasteiger partial charge in [0.1, 0.15) is 16.3 Å². The molecule has 0 radical (unpaired) electrons. The quantitative estimate of drug-likeness (QED) is 0.712. The Balaban J connectivity index is 2.06. The van der Waals surface area contributed by atoms with Crippen LogP contribution in [-0.4, -0.2) is 25.3 Å². The molecule has 0 aliphatic carbocycles. The summed E-state index contributed by atoms with van der Waals surface area (Å²) in [6, 6.07) is 16.1. The molecule has 0 spiro atoms. The lowest BCUT2D eigenvalue weighted by Crippen LogP contribution is -2.13. The van der Waals surface area contributed by atoms with Gasteiger partial charge in [0.2, 0.25) is 0 Å². The number of nitrogens with one attached hydrogen (secondary N) is 1. The van der Waals surface area contributed by atoms with Crippen LogP contribution in [0.25, 0.3) is 11.3 Å². The van der Waals surface area contributed by atoms with Crippen molar-refractivity contribution in [1.29, 1.82) is 0 Å². The summed E-state index contributed by atoms with van der Waals surface area (Å²) < 4.78 is 35.5. The lowest BCUT2D eigenvalue weighted by Gasteiger charge is -2.09. The van der Waals surface area contributed by atoms with E-state index in [0.29, 0.717) is 17.1 Å². The third-order valence-electron chi connectivity index (χ3n) is 3.89. The van der Waals surface area contributed by atoms with E-state index in [0.717, 1.165) is 5.56 Å². The first kappa shape index (κ1) is 18.0. The van der Waals surface area contributed by atoms with E-state index in [9.17, 15) is 8.42 Å². The summed E-state index contributed by atoms with van der Waals surface area (Å²) >= 11 is 0. The van der Waals surface area contributed by atoms with E-state index in [4.69, 9.17) is 4.74 Å². The van der Waals surface area contributed by atoms with Crippen molar-refractivity contribution >= 4 is 15.7 Å². The van der Waals surface area contributed by atoms with Crippen molar-refractivity contribution in [2.24, 2.45) is 0 Å². The molecule has 3 aromatic rings. The molecule has 0 amide bonds. The summed E-state index contributed by atoms with van der Waals surface area (Å²) in [7, 11) is -2.28. The van der Waals surface area contributed by atoms with E-state index in [2.05, 4.69) is 9.82 Å². The van der Waals surface area contributed by atoms with Crippen LogP contribution in [0.15, 0.2) is 65.7 Å². The van der Waals surface area contributed by atoms with Gasteiger partial charge in [0.15, 0.2) is 0 Å². The third-order valence-corrected chi connectivity index (χ3v) is 5.27. The molecule has 1 heterocycles. The van der Waals surface area contributed by atoms with Crippen molar-refractivity contribution in [3.8, 4) is 17.0 Å². The van der Waals surface area contributed by atoms with Crippen molar-refractivity contribution in [3.05, 3.63) is 60.8 Å². The summed E-state index contributed by atoms with van der Waals surface area (Å²) in [6.45, 7) is 3.90. The van der Waals surface area contributed by atoms with Crippen LogP contribution in [0.5, 0.6) is 5.75 Å². The molecule has 0 atom stereocenters. The number of benzene rings is 2. The SMILES string of the molecule is COc1cccc(NS(=O)(=O)c2cn(C(C)C)nc2-c2ccccc2)c1. The fourth-order valence-electron chi connectivity index (χ4n) is 2.53. The molecule has 0 saturated carbocycles. The van der Waals surface area contributed by atoms with Gasteiger partial charge < -0.3 is 4.74 Å². The molecule has 7 heteroatoms. The minimum absolute atomic E-state index is 0.0400. The van der Waals surface area contributed by atoms with Crippen LogP contribution >= 0.6 is 0 Å². The largest absolute Gasteiger partial charge is 0.497 e. The van der Waals surface area contributed by atoms with Crippen LogP contribution < -0.4 is 9.46 Å². The van der Waals surface area contributed by atoms with Gasteiger partial charge in [0.25, 0.3) is 10.0 Å². The maximum Gasteiger partial charge on any atom is 0.265 e. The first-order chi connectivity index (χ1) is 12.4. The number of rotatable bonds is 6. The van der Waals surface area contributed by atoms with Gasteiger partial charge in [-0.3, -0.25) is 9.40 Å². The van der Waals surface area contributed by atoms with E-state index < -0.39 is 10.0 Å². The van der Waals surface area contributed by atoms with Gasteiger partial charge in [-0.05, 0) is 26.0 Å². The summed E-state index contributed by atoms with van der Waals surface area (Å²) in [4.78, 5) is 0.139. The molecule has 0 saturated heterocycles. The second-order valence-corrected chi connectivity index (χ2v) is 7.77. The van der Waals surface area contributed by atoms with Gasteiger partial charge in [-0.15, -0.1) is 0 Å². The Hall–Kier alpha value is -2.80. The lowest BCUT2D eigenvalue weighted by atomic mass is 10.2. The topological polar surface area (TPSA) is 73.2 Å². The van der Waals surface area contributed by atoms with Crippen LogP contribution in [0.2, 0.25) is 0 Å². The fraction of sp³-hybridized carbons (Fsp3) is 0.211. The van der Waals surface area contributed by atoms with Gasteiger partial charge in [0.05, 0.1) is 12.8 Å². The molecular formula is C19H21N3O3S. The smallest absolute Gasteiger partial charge is 0.265 e. The summed E-state index contributed by atoms with van der Waals surface area (Å²) in [5.41, 5.74) is 1.60. The molecule has 0 fully saturated rings. The Labute approximate surface area is 153 Å². The Bertz CT molecular complexity index is 996. The van der Waals surface area contributed by atoms with Gasteiger partial charge in [-0.2, -0.15) is 5.10 Å². The highest BCUT2D eigenvalue weighted by molar-refractivity contribution is 7.92. The van der Waals surface area contributed by atoms with Crippen molar-refractivity contribution in [1.82, 2.24) is 9.78 Å². The Kier molecular flexibility index (Phi) is 4.99. The number of hydrogen-bond donors (Lipinski definition) is 1. The first-order valence-electron chi connectivity index (χ1n) is 8.22. The molecule has 2 aromatic carbocycles. The van der Waals surface area contributed by atoms with Gasteiger partial charge in [-0.25, -0.2) is 8.42 Å². The number of methoxy groups -OCH3 is 1. The molecule has 0 unspecified atom stereocenters. The maximum absolute atomic E-state index is 13.0. The predicted octanol–water partition coefficient (Wildman–Crippen LogP) is 3.94. The van der Waals surface area contributed by atoms with Crippen LogP contribution in [0.3, 0.4) is 0 Å². The molecule has 1 aromatic heterocycles. The number of sulfonamides is 1. The van der Waals surface area contributed by atoms with Crippen LogP contribution in [0.4, 0.5) is 5.69 Å². The highest BCUT2D eigenvalue weighted by Gasteiger charge is 2.24. The maximum atomic E-state index is 13.0. The summed E-state index contributed by atoms with van der Waals surface area (Å²) in [5, 5.41) is 4.49. The molecule has 0 aliphatic heterocycles. The normalized spacial score (nSPS) is 11.5. The Morgan fingerprint density at radius 1 is 1.08 bits per heavy atom. The van der Waals surface area contributed by atoms with Crippen LogP contribution in [-0.2, 0) is 10.0 Å². The number of aromatic nitrogens is 2. The van der Waals surface area contributed by atoms with Crippen LogP contribution in [0, 0.1) is 0 Å². The first-order valence-corrected chi connectivity index (χ1v) is 9.70. The third kappa shape index (κ3) is 3.72. The molecule has 6 nitrogen and oxygen atoms in total. The number of nitrogens with zero attached hydrogens (tertiary/aromatic N) is 2. The van der Waals surface area contributed by atoms with Crippen molar-refractivity contribution in [2.45, 2.75) is 24.8 Å². The van der Waals surface area contributed by atoms with E-state index in [-0.39, 0.29) is 10.9 Å². The Morgan fingerprint density at radius 2 is 1.81 bits per heavy atom. The average Bonchev–Trinajstić information content (AvgIpc) is 3.09. The van der Waals surface area contributed by atoms with E-state index >= 15 is 0 Å². The van der Waals surface area contributed by atoms with Gasteiger partial charge >= 0.3 is 0 Å². The van der Waals surface area contributed by atoms with Crippen molar-refractivity contribution in [3.63, 3.8) is 0 Å². The van der Waals surface area contributed by atoms with Crippen LogP contribution in [0.1, 0.15) is 19.9 Å². The molecular weight excluding hydrogens is 350 g/mol. The molecule has 3 rings (SSSR count). The highest BCUT2D eigenvalue weighted by Crippen LogP contribution is 2.29. The average molecular weight is 371 g/mol. The van der Waals surface area contributed by atoms with E-state index in [1.54, 1.807) is 35.1 Å². The second kappa shape index (κ2) is 7.21. The highest BCUT2D eigenvalue weighted by atomic mass is 32.2. The zero-order valence-corrected chi connectivity index (χ0v) is 15.7. The molecule has 26 heavy (non-hydrogen) atoms. The monoisotopic (exact) mass is 371 g/mol. The molecule has 0 aliphatic rings. The summed E-state index contributed by atoms with van der Waals surface area (Å²) in [5.74, 6) is 0.575. The van der Waals surface area contributed by atoms with Gasteiger partial charge in [0, 0.05) is 23.9 Å².